The number of nitro groups is 1. The number of anilines is 1. The molecule has 0 saturated heterocycles. The summed E-state index contributed by atoms with van der Waals surface area (Å²) in [5, 5.41) is 20.9. The number of hydrogen-bond donors (Lipinski definition) is 2. The lowest BCUT2D eigenvalue weighted by Crippen LogP contribution is -2.04. The molecule has 0 aliphatic heterocycles. The van der Waals surface area contributed by atoms with E-state index in [9.17, 15) is 14.5 Å². The summed E-state index contributed by atoms with van der Waals surface area (Å²) in [4.78, 5) is 14.7. The minimum absolute atomic E-state index is 0.0786. The van der Waals surface area contributed by atoms with Crippen LogP contribution < -0.4 is 5.32 Å². The monoisotopic (exact) mass is 393 g/mol. The lowest BCUT2D eigenvalue weighted by molar-refractivity contribution is -0.420. The average molecular weight is 394 g/mol. The average Bonchev–Trinajstić information content (AvgIpc) is 3.09. The molecule has 0 bridgehead atoms. The standard InChI is InChI=1S/C17H17ClFN5O3/c1-3-5-11(8-12(10-27-2)24(25)26)16-21-17(23-22-16)20-9-13-14(18)6-4-7-15(13)19/h3-8,10H,9H2,1-2H3,(H2,20,21,22,23)/b5-3-,11-8+,12-10-. The number of methoxy groups -OCH3 is 1. The fourth-order valence-corrected chi connectivity index (χ4v) is 2.35. The van der Waals surface area contributed by atoms with Gasteiger partial charge in [-0.3, -0.25) is 15.2 Å². The molecule has 0 aliphatic carbocycles. The molecule has 0 fully saturated rings. The second-order valence-electron chi connectivity index (χ2n) is 5.20. The van der Waals surface area contributed by atoms with Crippen molar-refractivity contribution >= 4 is 23.1 Å². The van der Waals surface area contributed by atoms with Crippen LogP contribution in [-0.4, -0.2) is 27.2 Å². The van der Waals surface area contributed by atoms with E-state index in [0.29, 0.717) is 11.4 Å². The molecule has 1 aromatic heterocycles. The number of aromatic nitrogens is 3. The Morgan fingerprint density at radius 1 is 1.52 bits per heavy atom. The number of nitrogens with zero attached hydrogens (tertiary/aromatic N) is 3. The fraction of sp³-hybridized carbons (Fsp3) is 0.176. The largest absolute Gasteiger partial charge is 0.497 e. The molecular formula is C17H17ClFN5O3. The summed E-state index contributed by atoms with van der Waals surface area (Å²) in [6, 6.07) is 4.40. The fourth-order valence-electron chi connectivity index (χ4n) is 2.12. The Balaban J connectivity index is 2.23. The number of benzene rings is 1. The number of ether oxygens (including phenoxy) is 1. The van der Waals surface area contributed by atoms with Crippen LogP contribution in [0.4, 0.5) is 10.3 Å². The Morgan fingerprint density at radius 2 is 2.30 bits per heavy atom. The lowest BCUT2D eigenvalue weighted by Gasteiger charge is -2.05. The Bertz CT molecular complexity index is 887. The molecule has 0 spiro atoms. The maximum atomic E-state index is 13.8. The second kappa shape index (κ2) is 9.48. The Morgan fingerprint density at radius 3 is 2.93 bits per heavy atom. The third kappa shape index (κ3) is 5.38. The van der Waals surface area contributed by atoms with Crippen molar-refractivity contribution in [1.29, 1.82) is 0 Å². The van der Waals surface area contributed by atoms with Crippen molar-refractivity contribution in [2.45, 2.75) is 13.5 Å². The summed E-state index contributed by atoms with van der Waals surface area (Å²) < 4.78 is 18.5. The summed E-state index contributed by atoms with van der Waals surface area (Å²) in [7, 11) is 1.32. The molecule has 0 unspecified atom stereocenters. The van der Waals surface area contributed by atoms with Gasteiger partial charge in [0.05, 0.1) is 12.0 Å². The van der Waals surface area contributed by atoms with Crippen molar-refractivity contribution < 1.29 is 14.1 Å². The highest BCUT2D eigenvalue weighted by Gasteiger charge is 2.14. The predicted octanol–water partition coefficient (Wildman–Crippen LogP) is 3.93. The van der Waals surface area contributed by atoms with E-state index in [4.69, 9.17) is 16.3 Å². The predicted molar refractivity (Wildman–Crippen MR) is 100.0 cm³/mol. The van der Waals surface area contributed by atoms with Gasteiger partial charge in [0, 0.05) is 28.8 Å². The molecule has 2 rings (SSSR count). The van der Waals surface area contributed by atoms with E-state index in [2.05, 4.69) is 20.5 Å². The molecular weight excluding hydrogens is 377 g/mol. The van der Waals surface area contributed by atoms with Gasteiger partial charge in [-0.15, -0.1) is 5.10 Å². The first kappa shape index (κ1) is 20.1. The van der Waals surface area contributed by atoms with Crippen LogP contribution >= 0.6 is 11.6 Å². The Kier molecular flexibility index (Phi) is 7.07. The van der Waals surface area contributed by atoms with Gasteiger partial charge in [-0.25, -0.2) is 4.39 Å². The van der Waals surface area contributed by atoms with E-state index in [1.165, 1.54) is 25.3 Å². The number of nitrogens with one attached hydrogen (secondary N) is 2. The van der Waals surface area contributed by atoms with Gasteiger partial charge in [-0.1, -0.05) is 29.8 Å². The van der Waals surface area contributed by atoms with E-state index < -0.39 is 10.7 Å². The van der Waals surface area contributed by atoms with Crippen molar-refractivity contribution in [1.82, 2.24) is 15.2 Å². The molecule has 8 nitrogen and oxygen atoms in total. The van der Waals surface area contributed by atoms with Crippen molar-refractivity contribution in [3.63, 3.8) is 0 Å². The van der Waals surface area contributed by atoms with Gasteiger partial charge in [0.15, 0.2) is 12.1 Å². The van der Waals surface area contributed by atoms with Crippen LogP contribution in [0.25, 0.3) is 5.57 Å². The van der Waals surface area contributed by atoms with Gasteiger partial charge in [-0.2, -0.15) is 4.98 Å². The number of hydrogen-bond acceptors (Lipinski definition) is 6. The molecule has 0 aliphatic rings. The molecule has 0 amide bonds. The van der Waals surface area contributed by atoms with E-state index >= 15 is 0 Å². The van der Waals surface area contributed by atoms with Crippen LogP contribution in [0.3, 0.4) is 0 Å². The van der Waals surface area contributed by atoms with Crippen molar-refractivity contribution in [3.8, 4) is 0 Å². The van der Waals surface area contributed by atoms with Crippen molar-refractivity contribution in [3.05, 3.63) is 80.7 Å². The van der Waals surface area contributed by atoms with Crippen LogP contribution in [0.2, 0.25) is 5.02 Å². The minimum atomic E-state index is -0.581. The maximum absolute atomic E-state index is 13.8. The first-order valence-electron chi connectivity index (χ1n) is 7.77. The van der Waals surface area contributed by atoms with Crippen LogP contribution in [0, 0.1) is 15.9 Å². The second-order valence-corrected chi connectivity index (χ2v) is 5.60. The number of allylic oxidation sites excluding steroid dienone is 4. The molecule has 1 heterocycles. The Labute approximate surface area is 159 Å². The van der Waals surface area contributed by atoms with E-state index in [0.717, 1.165) is 6.26 Å². The quantitative estimate of drug-likeness (QED) is 0.304. The zero-order chi connectivity index (χ0) is 19.8. The number of rotatable bonds is 8. The maximum Gasteiger partial charge on any atom is 0.304 e. The first-order chi connectivity index (χ1) is 13.0. The van der Waals surface area contributed by atoms with Crippen molar-refractivity contribution in [2.75, 3.05) is 12.4 Å². The molecule has 142 valence electrons. The smallest absolute Gasteiger partial charge is 0.304 e. The summed E-state index contributed by atoms with van der Waals surface area (Å²) >= 11 is 5.98. The third-order valence-electron chi connectivity index (χ3n) is 3.34. The normalized spacial score (nSPS) is 12.4. The first-order valence-corrected chi connectivity index (χ1v) is 8.15. The molecule has 2 N–H and O–H groups in total. The van der Waals surface area contributed by atoms with E-state index in [-0.39, 0.29) is 28.8 Å². The zero-order valence-corrected chi connectivity index (χ0v) is 15.3. The minimum Gasteiger partial charge on any atom is -0.497 e. The van der Waals surface area contributed by atoms with Gasteiger partial charge in [0.25, 0.3) is 0 Å². The van der Waals surface area contributed by atoms with E-state index in [1.807, 2.05) is 0 Å². The van der Waals surface area contributed by atoms with Gasteiger partial charge in [0.1, 0.15) is 5.82 Å². The zero-order valence-electron chi connectivity index (χ0n) is 14.6. The third-order valence-corrected chi connectivity index (χ3v) is 3.70. The highest BCUT2D eigenvalue weighted by Crippen LogP contribution is 2.20. The molecule has 10 heteroatoms. The topological polar surface area (TPSA) is 106 Å². The van der Waals surface area contributed by atoms with Crippen LogP contribution in [0.1, 0.15) is 18.3 Å². The summed E-state index contributed by atoms with van der Waals surface area (Å²) in [6.07, 6.45) is 5.64. The highest BCUT2D eigenvalue weighted by molar-refractivity contribution is 6.31. The van der Waals surface area contributed by atoms with Crippen LogP contribution in [-0.2, 0) is 11.3 Å². The molecule has 2 aromatic rings. The summed E-state index contributed by atoms with van der Waals surface area (Å²) in [6.45, 7) is 1.84. The Hall–Kier alpha value is -3.20. The summed E-state index contributed by atoms with van der Waals surface area (Å²) in [5.74, 6) is 0.0396. The van der Waals surface area contributed by atoms with Crippen molar-refractivity contribution in [2.24, 2.45) is 0 Å². The lowest BCUT2D eigenvalue weighted by atomic mass is 10.2. The number of H-pyrrole nitrogens is 1. The molecule has 0 saturated carbocycles. The van der Waals surface area contributed by atoms with Gasteiger partial charge in [0.2, 0.25) is 5.95 Å². The van der Waals surface area contributed by atoms with Gasteiger partial charge >= 0.3 is 5.70 Å². The molecule has 27 heavy (non-hydrogen) atoms. The van der Waals surface area contributed by atoms with Gasteiger partial charge in [-0.05, 0) is 19.1 Å². The molecule has 1 aromatic carbocycles. The highest BCUT2D eigenvalue weighted by atomic mass is 35.5. The number of halogens is 2. The van der Waals surface area contributed by atoms with Crippen LogP contribution in [0.15, 0.2) is 48.4 Å². The molecule has 0 radical (unpaired) electrons. The summed E-state index contributed by atoms with van der Waals surface area (Å²) in [5.41, 5.74) is 0.449. The number of aromatic amines is 1. The molecule has 0 atom stereocenters. The SMILES string of the molecule is C\C=C/C(=C\C(=C\OC)[N+](=O)[O-])c1nc(NCc2c(F)cccc2Cl)n[nH]1. The van der Waals surface area contributed by atoms with Gasteiger partial charge < -0.3 is 10.1 Å². The van der Waals surface area contributed by atoms with Crippen LogP contribution in [0.5, 0.6) is 0 Å². The van der Waals surface area contributed by atoms with E-state index in [1.54, 1.807) is 25.1 Å².